The molecule has 0 aliphatic carbocycles. The van der Waals surface area contributed by atoms with E-state index in [1.165, 1.54) is 5.56 Å². The zero-order chi connectivity index (χ0) is 13.9. The zero-order valence-corrected chi connectivity index (χ0v) is 11.9. The van der Waals surface area contributed by atoms with Gasteiger partial charge < -0.3 is 9.88 Å². The molecule has 0 amide bonds. The van der Waals surface area contributed by atoms with Gasteiger partial charge in [-0.3, -0.25) is 0 Å². The molecule has 0 unspecified atom stereocenters. The largest absolute Gasteiger partial charge is 0.326 e. The van der Waals surface area contributed by atoms with Crippen molar-refractivity contribution < 1.29 is 0 Å². The Bertz CT molecular complexity index is 544. The van der Waals surface area contributed by atoms with Crippen molar-refractivity contribution in [2.75, 3.05) is 5.32 Å². The number of nitrogens with one attached hydrogen (secondary N) is 1. The van der Waals surface area contributed by atoms with Gasteiger partial charge in [0.25, 0.3) is 0 Å². The van der Waals surface area contributed by atoms with Gasteiger partial charge in [-0.1, -0.05) is 39.0 Å². The summed E-state index contributed by atoms with van der Waals surface area (Å²) < 4.78 is 2.02. The van der Waals surface area contributed by atoms with E-state index in [1.54, 1.807) is 6.20 Å². The second kappa shape index (κ2) is 5.31. The molecule has 2 aromatic rings. The van der Waals surface area contributed by atoms with Crippen LogP contribution in [0, 0.1) is 0 Å². The molecule has 3 nitrogen and oxygen atoms in total. The third kappa shape index (κ3) is 3.25. The lowest BCUT2D eigenvalue weighted by atomic mass is 9.87. The quantitative estimate of drug-likeness (QED) is 0.833. The summed E-state index contributed by atoms with van der Waals surface area (Å²) in [5, 5.41) is 3.32. The predicted octanol–water partition coefficient (Wildman–Crippen LogP) is 4.11. The zero-order valence-electron chi connectivity index (χ0n) is 11.9. The fourth-order valence-corrected chi connectivity index (χ4v) is 1.90. The summed E-state index contributed by atoms with van der Waals surface area (Å²) in [7, 11) is 0. The molecule has 1 heterocycles. The molecule has 0 spiro atoms. The lowest BCUT2D eigenvalue weighted by Crippen LogP contribution is -2.10. The summed E-state index contributed by atoms with van der Waals surface area (Å²) in [6, 6.07) is 8.49. The predicted molar refractivity (Wildman–Crippen MR) is 80.8 cm³/mol. The van der Waals surface area contributed by atoms with Gasteiger partial charge in [-0.2, -0.15) is 0 Å². The molecule has 0 saturated heterocycles. The van der Waals surface area contributed by atoms with Crippen molar-refractivity contribution in [1.82, 2.24) is 9.55 Å². The Morgan fingerprint density at radius 2 is 1.95 bits per heavy atom. The summed E-state index contributed by atoms with van der Waals surface area (Å²) in [5.41, 5.74) is 2.55. The molecule has 3 heteroatoms. The van der Waals surface area contributed by atoms with E-state index in [1.807, 2.05) is 16.8 Å². The van der Waals surface area contributed by atoms with Crippen molar-refractivity contribution >= 4 is 11.6 Å². The Morgan fingerprint density at radius 3 is 2.53 bits per heavy atom. The maximum Gasteiger partial charge on any atom is 0.207 e. The van der Waals surface area contributed by atoms with Gasteiger partial charge in [-0.05, 0) is 23.1 Å². The van der Waals surface area contributed by atoms with Crippen molar-refractivity contribution in [3.05, 3.63) is 54.9 Å². The molecule has 0 atom stereocenters. The van der Waals surface area contributed by atoms with Crippen LogP contribution in [-0.2, 0) is 12.0 Å². The van der Waals surface area contributed by atoms with Gasteiger partial charge in [0.05, 0.1) is 0 Å². The van der Waals surface area contributed by atoms with Crippen molar-refractivity contribution in [2.24, 2.45) is 0 Å². The van der Waals surface area contributed by atoms with E-state index in [-0.39, 0.29) is 5.41 Å². The summed E-state index contributed by atoms with van der Waals surface area (Å²) in [4.78, 5) is 4.31. The third-order valence-corrected chi connectivity index (χ3v) is 3.05. The van der Waals surface area contributed by atoms with Crippen molar-refractivity contribution in [2.45, 2.75) is 32.7 Å². The SMILES string of the molecule is C=CCn1ccnc1Nc1ccc(C(C)(C)C)cc1. The summed E-state index contributed by atoms with van der Waals surface area (Å²) >= 11 is 0. The smallest absolute Gasteiger partial charge is 0.207 e. The van der Waals surface area contributed by atoms with E-state index >= 15 is 0 Å². The van der Waals surface area contributed by atoms with Crippen LogP contribution in [-0.4, -0.2) is 9.55 Å². The molecule has 0 radical (unpaired) electrons. The van der Waals surface area contributed by atoms with Crippen molar-refractivity contribution in [3.63, 3.8) is 0 Å². The molecule has 0 bridgehead atoms. The van der Waals surface area contributed by atoms with Crippen molar-refractivity contribution in [1.29, 1.82) is 0 Å². The highest BCUT2D eigenvalue weighted by molar-refractivity contribution is 5.54. The van der Waals surface area contributed by atoms with E-state index in [0.717, 1.165) is 18.2 Å². The second-order valence-electron chi connectivity index (χ2n) is 5.64. The second-order valence-corrected chi connectivity index (χ2v) is 5.64. The standard InChI is InChI=1S/C16H21N3/c1-5-11-19-12-10-17-15(19)18-14-8-6-13(7-9-14)16(2,3)4/h5-10,12H,1,11H2,2-4H3,(H,17,18). The molecule has 0 aliphatic rings. The van der Waals surface area contributed by atoms with Gasteiger partial charge >= 0.3 is 0 Å². The number of benzene rings is 1. The highest BCUT2D eigenvalue weighted by Crippen LogP contribution is 2.24. The molecule has 19 heavy (non-hydrogen) atoms. The van der Waals surface area contributed by atoms with Crippen LogP contribution in [0.5, 0.6) is 0 Å². The maximum absolute atomic E-state index is 4.31. The van der Waals surface area contributed by atoms with Crippen LogP contribution >= 0.6 is 0 Å². The van der Waals surface area contributed by atoms with Gasteiger partial charge in [-0.25, -0.2) is 4.98 Å². The van der Waals surface area contributed by atoms with Crippen LogP contribution in [0.25, 0.3) is 0 Å². The summed E-state index contributed by atoms with van der Waals surface area (Å²) in [5.74, 6) is 0.836. The van der Waals surface area contributed by atoms with E-state index < -0.39 is 0 Å². The number of allylic oxidation sites excluding steroid dienone is 1. The number of anilines is 2. The normalized spacial score (nSPS) is 11.3. The molecule has 1 aromatic carbocycles. The van der Waals surface area contributed by atoms with E-state index in [2.05, 4.69) is 61.9 Å². The van der Waals surface area contributed by atoms with Gasteiger partial charge in [0, 0.05) is 24.6 Å². The van der Waals surface area contributed by atoms with Crippen LogP contribution in [0.4, 0.5) is 11.6 Å². The van der Waals surface area contributed by atoms with Gasteiger partial charge in [0.2, 0.25) is 5.95 Å². The maximum atomic E-state index is 4.31. The Hall–Kier alpha value is -2.03. The Morgan fingerprint density at radius 1 is 1.26 bits per heavy atom. The average molecular weight is 255 g/mol. The van der Waals surface area contributed by atoms with Crippen LogP contribution in [0.15, 0.2) is 49.3 Å². The molecular formula is C16H21N3. The number of hydrogen-bond acceptors (Lipinski definition) is 2. The van der Waals surface area contributed by atoms with Crippen molar-refractivity contribution in [3.8, 4) is 0 Å². The van der Waals surface area contributed by atoms with Crippen LogP contribution in [0.1, 0.15) is 26.3 Å². The van der Waals surface area contributed by atoms with E-state index in [9.17, 15) is 0 Å². The minimum absolute atomic E-state index is 0.180. The molecular weight excluding hydrogens is 234 g/mol. The minimum Gasteiger partial charge on any atom is -0.326 e. The molecule has 0 saturated carbocycles. The number of rotatable bonds is 4. The summed E-state index contributed by atoms with van der Waals surface area (Å²) in [6.45, 7) is 11.1. The lowest BCUT2D eigenvalue weighted by Gasteiger charge is -2.19. The highest BCUT2D eigenvalue weighted by Gasteiger charge is 2.13. The number of aromatic nitrogens is 2. The molecule has 0 fully saturated rings. The Kier molecular flexibility index (Phi) is 3.74. The highest BCUT2D eigenvalue weighted by atomic mass is 15.2. The minimum atomic E-state index is 0.180. The summed E-state index contributed by atoms with van der Waals surface area (Å²) in [6.07, 6.45) is 5.58. The van der Waals surface area contributed by atoms with Gasteiger partial charge in [-0.15, -0.1) is 6.58 Å². The van der Waals surface area contributed by atoms with Gasteiger partial charge in [0.15, 0.2) is 0 Å². The fourth-order valence-electron chi connectivity index (χ4n) is 1.90. The lowest BCUT2D eigenvalue weighted by molar-refractivity contribution is 0.590. The first-order valence-electron chi connectivity index (χ1n) is 6.50. The van der Waals surface area contributed by atoms with Crippen LogP contribution < -0.4 is 5.32 Å². The Balaban J connectivity index is 2.15. The fraction of sp³-hybridized carbons (Fsp3) is 0.312. The molecule has 0 aliphatic heterocycles. The first kappa shape index (κ1) is 13.4. The van der Waals surface area contributed by atoms with E-state index in [4.69, 9.17) is 0 Å². The first-order chi connectivity index (χ1) is 9.00. The number of nitrogens with zero attached hydrogens (tertiary/aromatic N) is 2. The molecule has 2 rings (SSSR count). The topological polar surface area (TPSA) is 29.9 Å². The number of hydrogen-bond donors (Lipinski definition) is 1. The molecule has 1 N–H and O–H groups in total. The molecule has 100 valence electrons. The first-order valence-corrected chi connectivity index (χ1v) is 6.50. The van der Waals surface area contributed by atoms with Gasteiger partial charge in [0.1, 0.15) is 0 Å². The van der Waals surface area contributed by atoms with Crippen LogP contribution in [0.2, 0.25) is 0 Å². The molecule has 1 aromatic heterocycles. The van der Waals surface area contributed by atoms with Crippen LogP contribution in [0.3, 0.4) is 0 Å². The average Bonchev–Trinajstić information content (AvgIpc) is 2.77. The monoisotopic (exact) mass is 255 g/mol. The third-order valence-electron chi connectivity index (χ3n) is 3.05. The number of imidazole rings is 1. The Labute approximate surface area is 115 Å². The van der Waals surface area contributed by atoms with E-state index in [0.29, 0.717) is 0 Å².